The molecule has 0 aromatic heterocycles. The van der Waals surface area contributed by atoms with Crippen LogP contribution in [-0.4, -0.2) is 30.7 Å². The average Bonchev–Trinajstić information content (AvgIpc) is 2.19. The lowest BCUT2D eigenvalue weighted by Crippen LogP contribution is -2.41. The quantitative estimate of drug-likeness (QED) is 0.509. The molecule has 1 rings (SSSR count). The number of nitroso groups, excluding NO2 is 1. The summed E-state index contributed by atoms with van der Waals surface area (Å²) in [5, 5.41) is 4.30. The first kappa shape index (κ1) is 10.9. The Morgan fingerprint density at radius 3 is 2.50 bits per heavy atom. The molecule has 0 unspecified atom stereocenters. The molecule has 80 valence electrons. The molecule has 1 aliphatic rings. The molecule has 0 N–H and O–H groups in total. The molecule has 14 heavy (non-hydrogen) atoms. The summed E-state index contributed by atoms with van der Waals surface area (Å²) < 4.78 is 4.99. The molecule has 0 spiro atoms. The molecule has 1 aliphatic heterocycles. The molecular formula is C9H16N2O3. The third kappa shape index (κ3) is 2.21. The summed E-state index contributed by atoms with van der Waals surface area (Å²) in [4.78, 5) is 21.8. The molecule has 0 aliphatic carbocycles. The van der Waals surface area contributed by atoms with E-state index < -0.39 is 5.41 Å². The molecule has 1 fully saturated rings. The van der Waals surface area contributed by atoms with Gasteiger partial charge in [0.2, 0.25) is 0 Å². The standard InChI is InChI=1S/C9H16N2O3/c1-3-14-8(12)9(2)4-6-11(10-13)7-5-9/h3-7H2,1-2H3. The van der Waals surface area contributed by atoms with E-state index in [9.17, 15) is 9.70 Å². The fourth-order valence-corrected chi connectivity index (χ4v) is 1.58. The number of nitrogens with zero attached hydrogens (tertiary/aromatic N) is 2. The highest BCUT2D eigenvalue weighted by molar-refractivity contribution is 5.76. The van der Waals surface area contributed by atoms with Gasteiger partial charge in [0.15, 0.2) is 0 Å². The van der Waals surface area contributed by atoms with Crippen molar-refractivity contribution in [2.24, 2.45) is 10.7 Å². The van der Waals surface area contributed by atoms with Crippen molar-refractivity contribution in [3.05, 3.63) is 4.91 Å². The fourth-order valence-electron chi connectivity index (χ4n) is 1.58. The number of rotatable bonds is 3. The van der Waals surface area contributed by atoms with Gasteiger partial charge >= 0.3 is 5.97 Å². The Morgan fingerprint density at radius 2 is 2.07 bits per heavy atom. The van der Waals surface area contributed by atoms with Crippen molar-refractivity contribution < 1.29 is 9.53 Å². The summed E-state index contributed by atoms with van der Waals surface area (Å²) >= 11 is 0. The highest BCUT2D eigenvalue weighted by atomic mass is 16.5. The number of esters is 1. The Kier molecular flexibility index (Phi) is 3.43. The van der Waals surface area contributed by atoms with Crippen LogP contribution >= 0.6 is 0 Å². The first-order valence-corrected chi connectivity index (χ1v) is 4.88. The minimum absolute atomic E-state index is 0.162. The number of piperidine rings is 1. The van der Waals surface area contributed by atoms with E-state index in [1.807, 2.05) is 6.92 Å². The van der Waals surface area contributed by atoms with Crippen LogP contribution in [0.4, 0.5) is 0 Å². The van der Waals surface area contributed by atoms with Crippen LogP contribution in [-0.2, 0) is 9.53 Å². The molecule has 0 radical (unpaired) electrons. The molecule has 0 aromatic carbocycles. The molecule has 0 bridgehead atoms. The van der Waals surface area contributed by atoms with E-state index in [0.29, 0.717) is 32.5 Å². The first-order chi connectivity index (χ1) is 6.62. The minimum atomic E-state index is -0.433. The van der Waals surface area contributed by atoms with Gasteiger partial charge in [0, 0.05) is 13.1 Å². The van der Waals surface area contributed by atoms with Gasteiger partial charge in [0.25, 0.3) is 0 Å². The van der Waals surface area contributed by atoms with Gasteiger partial charge in [-0.25, -0.2) is 0 Å². The summed E-state index contributed by atoms with van der Waals surface area (Å²) in [5.41, 5.74) is -0.433. The van der Waals surface area contributed by atoms with Crippen LogP contribution in [0.5, 0.6) is 0 Å². The summed E-state index contributed by atoms with van der Waals surface area (Å²) in [5.74, 6) is -0.162. The summed E-state index contributed by atoms with van der Waals surface area (Å²) in [6.45, 7) is 5.16. The van der Waals surface area contributed by atoms with Crippen LogP contribution in [0.1, 0.15) is 26.7 Å². The number of ether oxygens (including phenoxy) is 1. The van der Waals surface area contributed by atoms with Gasteiger partial charge in [-0.2, -0.15) is 0 Å². The molecule has 1 saturated heterocycles. The SMILES string of the molecule is CCOC(=O)C1(C)CCN(N=O)CC1. The zero-order valence-corrected chi connectivity index (χ0v) is 8.65. The Balaban J connectivity index is 2.52. The summed E-state index contributed by atoms with van der Waals surface area (Å²) in [7, 11) is 0. The Bertz CT molecular complexity index is 222. The highest BCUT2D eigenvalue weighted by Gasteiger charge is 2.38. The second-order valence-corrected chi connectivity index (χ2v) is 3.82. The molecule has 0 amide bonds. The van der Waals surface area contributed by atoms with E-state index in [4.69, 9.17) is 4.74 Å². The van der Waals surface area contributed by atoms with Crippen molar-refractivity contribution in [2.45, 2.75) is 26.7 Å². The second-order valence-electron chi connectivity index (χ2n) is 3.82. The van der Waals surface area contributed by atoms with Crippen molar-refractivity contribution in [1.29, 1.82) is 0 Å². The van der Waals surface area contributed by atoms with Crippen molar-refractivity contribution in [3.8, 4) is 0 Å². The molecule has 5 nitrogen and oxygen atoms in total. The zero-order chi connectivity index (χ0) is 10.6. The third-order valence-corrected chi connectivity index (χ3v) is 2.73. The third-order valence-electron chi connectivity index (χ3n) is 2.73. The Hall–Kier alpha value is -1.13. The van der Waals surface area contributed by atoms with Crippen LogP contribution in [0, 0.1) is 10.3 Å². The zero-order valence-electron chi connectivity index (χ0n) is 8.65. The van der Waals surface area contributed by atoms with Crippen molar-refractivity contribution >= 4 is 5.97 Å². The maximum absolute atomic E-state index is 11.6. The minimum Gasteiger partial charge on any atom is -0.466 e. The van der Waals surface area contributed by atoms with Gasteiger partial charge in [-0.05, 0) is 26.7 Å². The lowest BCUT2D eigenvalue weighted by Gasteiger charge is -2.34. The van der Waals surface area contributed by atoms with Crippen LogP contribution < -0.4 is 0 Å². The molecular weight excluding hydrogens is 184 g/mol. The molecule has 1 heterocycles. The molecule has 0 atom stereocenters. The largest absolute Gasteiger partial charge is 0.466 e. The Morgan fingerprint density at radius 1 is 1.50 bits per heavy atom. The van der Waals surface area contributed by atoms with Crippen molar-refractivity contribution in [3.63, 3.8) is 0 Å². The number of carbonyl (C=O) groups excluding carboxylic acids is 1. The van der Waals surface area contributed by atoms with E-state index in [1.165, 1.54) is 5.01 Å². The summed E-state index contributed by atoms with van der Waals surface area (Å²) in [6.07, 6.45) is 1.27. The first-order valence-electron chi connectivity index (χ1n) is 4.88. The number of hydrogen-bond donors (Lipinski definition) is 0. The van der Waals surface area contributed by atoms with E-state index in [-0.39, 0.29) is 5.97 Å². The van der Waals surface area contributed by atoms with Crippen molar-refractivity contribution in [2.75, 3.05) is 19.7 Å². The molecule has 0 aromatic rings. The van der Waals surface area contributed by atoms with Gasteiger partial charge in [-0.15, -0.1) is 4.91 Å². The van der Waals surface area contributed by atoms with E-state index in [1.54, 1.807) is 6.92 Å². The average molecular weight is 200 g/mol. The predicted octanol–water partition coefficient (Wildman–Crippen LogP) is 1.33. The van der Waals surface area contributed by atoms with Crippen molar-refractivity contribution in [1.82, 2.24) is 5.01 Å². The smallest absolute Gasteiger partial charge is 0.311 e. The van der Waals surface area contributed by atoms with Gasteiger partial charge in [0.1, 0.15) is 0 Å². The molecule has 0 saturated carbocycles. The van der Waals surface area contributed by atoms with Gasteiger partial charge < -0.3 is 4.74 Å². The van der Waals surface area contributed by atoms with E-state index in [0.717, 1.165) is 0 Å². The lowest BCUT2D eigenvalue weighted by molar-refractivity contribution is -0.157. The van der Waals surface area contributed by atoms with Crippen LogP contribution in [0.3, 0.4) is 0 Å². The van der Waals surface area contributed by atoms with Gasteiger partial charge in [-0.3, -0.25) is 9.80 Å². The normalized spacial score (nSPS) is 20.3. The maximum atomic E-state index is 11.6. The predicted molar refractivity (Wildman–Crippen MR) is 51.3 cm³/mol. The van der Waals surface area contributed by atoms with Gasteiger partial charge in [-0.1, -0.05) is 0 Å². The van der Waals surface area contributed by atoms with Gasteiger partial charge in [0.05, 0.1) is 17.3 Å². The van der Waals surface area contributed by atoms with Crippen LogP contribution in [0.2, 0.25) is 0 Å². The highest BCUT2D eigenvalue weighted by Crippen LogP contribution is 2.32. The van der Waals surface area contributed by atoms with E-state index >= 15 is 0 Å². The molecule has 5 heteroatoms. The lowest BCUT2D eigenvalue weighted by atomic mass is 9.81. The number of hydrogen-bond acceptors (Lipinski definition) is 4. The fraction of sp³-hybridized carbons (Fsp3) is 0.889. The number of carbonyl (C=O) groups is 1. The van der Waals surface area contributed by atoms with Crippen LogP contribution in [0.15, 0.2) is 5.29 Å². The summed E-state index contributed by atoms with van der Waals surface area (Å²) in [6, 6.07) is 0. The monoisotopic (exact) mass is 200 g/mol. The maximum Gasteiger partial charge on any atom is 0.311 e. The van der Waals surface area contributed by atoms with Crippen LogP contribution in [0.25, 0.3) is 0 Å². The topological polar surface area (TPSA) is 59.0 Å². The Labute approximate surface area is 83.4 Å². The second kappa shape index (κ2) is 4.39. The van der Waals surface area contributed by atoms with E-state index in [2.05, 4.69) is 5.29 Å².